The number of fused-ring (bicyclic) bond motifs is 9. The SMILES string of the molecule is CCN1CCCc2cc3c(cc21)Oc1cc2c(cc1=N3)CCC[N+]=2CCCC(=O)NCCOCCOCCNC(=O)COC1CC[C@@]2(C)C(CCC3C2C[C@@H](O)[C@]2(C)C(C4=CC(=O)OC4)CC[C@]32O)C1. The molecule has 2 aromatic rings. The Hall–Kier alpha value is -4.41. The predicted molar refractivity (Wildman–Crippen MR) is 263 cm³/mol. The lowest BCUT2D eigenvalue weighted by Gasteiger charge is -2.65. The summed E-state index contributed by atoms with van der Waals surface area (Å²) in [5.74, 6) is 1.77. The summed E-state index contributed by atoms with van der Waals surface area (Å²) in [5.41, 5.74) is 4.00. The Morgan fingerprint density at radius 1 is 0.914 bits per heavy atom. The van der Waals surface area contributed by atoms with Crippen molar-refractivity contribution in [2.24, 2.45) is 39.5 Å². The molecule has 4 N–H and O–H groups in total. The maximum Gasteiger partial charge on any atom is 0.331 e. The van der Waals surface area contributed by atoms with E-state index in [2.05, 4.69) is 58.2 Å². The standard InChI is InChI=1S/C55H75N5O10/c1-4-59-19-5-8-35-26-43-47(31-45(35)59)70-48-32-46-36(27-44(48)58-43)9-6-20-60(46)21-7-10-50(62)56-17-22-66-24-25-67-23-18-57-51(63)34-68-39-13-15-53(2)38(29-39)11-12-41-42(53)30-49(61)54(3)40(14-16-55(41,54)65)37-28-52(64)69-33-37/h26-28,31-32,38-42,49,61,65H,4-25,29-30,33-34H2,1-3H3,(H-,56,57,62,63)/p+1/t38?,39?,40?,41?,42?,49-,53+,54+,55+/m1/s1. The average Bonchev–Trinajstić information content (AvgIpc) is 3.91. The maximum atomic E-state index is 12.7. The minimum Gasteiger partial charge on any atom is -0.458 e. The molecule has 5 unspecified atom stereocenters. The molecule has 0 saturated heterocycles. The van der Waals surface area contributed by atoms with Crippen LogP contribution in [0.4, 0.5) is 11.4 Å². The van der Waals surface area contributed by atoms with Crippen LogP contribution >= 0.6 is 0 Å². The number of nitrogens with zero attached hydrogens (tertiary/aromatic N) is 3. The summed E-state index contributed by atoms with van der Waals surface area (Å²) >= 11 is 0. The third-order valence-corrected chi connectivity index (χ3v) is 18.4. The molecule has 8 aliphatic rings. The van der Waals surface area contributed by atoms with Crippen molar-refractivity contribution in [3.8, 4) is 11.5 Å². The van der Waals surface area contributed by atoms with Crippen LogP contribution in [-0.2, 0) is 46.2 Å². The van der Waals surface area contributed by atoms with Crippen LogP contribution in [0, 0.1) is 34.5 Å². The van der Waals surface area contributed by atoms with E-state index in [1.165, 1.54) is 22.2 Å². The molecule has 4 aliphatic heterocycles. The molecule has 4 heterocycles. The van der Waals surface area contributed by atoms with Crippen molar-refractivity contribution in [2.45, 2.75) is 128 Å². The quantitative estimate of drug-likeness (QED) is 0.0795. The van der Waals surface area contributed by atoms with Gasteiger partial charge in [-0.15, -0.1) is 0 Å². The zero-order chi connectivity index (χ0) is 48.6. The van der Waals surface area contributed by atoms with Crippen molar-refractivity contribution in [3.05, 3.63) is 57.8 Å². The molecule has 2 aromatic carbocycles. The van der Waals surface area contributed by atoms with Crippen molar-refractivity contribution in [2.75, 3.05) is 83.8 Å². The Labute approximate surface area is 412 Å². The summed E-state index contributed by atoms with van der Waals surface area (Å²) < 4.78 is 31.7. The molecular weight excluding hydrogens is 891 g/mol. The summed E-state index contributed by atoms with van der Waals surface area (Å²) in [5, 5.41) is 32.3. The summed E-state index contributed by atoms with van der Waals surface area (Å²) in [6.45, 7) is 13.0. The van der Waals surface area contributed by atoms with Gasteiger partial charge in [0.1, 0.15) is 37.3 Å². The minimum atomic E-state index is -0.992. The van der Waals surface area contributed by atoms with Gasteiger partial charge in [-0.3, -0.25) is 9.59 Å². The number of hydrogen-bond donors (Lipinski definition) is 4. The number of anilines is 1. The van der Waals surface area contributed by atoms with Crippen molar-refractivity contribution < 1.29 is 48.3 Å². The van der Waals surface area contributed by atoms with E-state index in [1.807, 2.05) is 6.92 Å². The number of aliphatic hydroxyl groups excluding tert-OH is 1. The van der Waals surface area contributed by atoms with E-state index < -0.39 is 17.1 Å². The second kappa shape index (κ2) is 20.6. The minimum absolute atomic E-state index is 0.00228. The van der Waals surface area contributed by atoms with E-state index >= 15 is 0 Å². The fraction of sp³-hybridized carbons (Fsp3) is 0.691. The lowest BCUT2D eigenvalue weighted by Crippen LogP contribution is -2.67. The van der Waals surface area contributed by atoms with Crippen LogP contribution in [-0.4, -0.2) is 125 Å². The number of carbonyl (C=O) groups excluding carboxylic acids is 3. The molecule has 70 heavy (non-hydrogen) atoms. The van der Waals surface area contributed by atoms with E-state index in [9.17, 15) is 24.6 Å². The molecule has 15 heteroatoms. The number of aliphatic hydroxyl groups is 2. The molecule has 0 spiro atoms. The molecule has 2 amide bonds. The Bertz CT molecular complexity index is 2480. The van der Waals surface area contributed by atoms with Crippen LogP contribution in [0.5, 0.6) is 11.5 Å². The van der Waals surface area contributed by atoms with Gasteiger partial charge in [-0.2, -0.15) is 0 Å². The molecule has 380 valence electrons. The number of amides is 2. The lowest BCUT2D eigenvalue weighted by atomic mass is 9.42. The molecule has 0 aromatic heterocycles. The number of ether oxygens (including phenoxy) is 5. The number of carbonyl (C=O) groups is 3. The number of hydrogen-bond acceptors (Lipinski definition) is 12. The summed E-state index contributed by atoms with van der Waals surface area (Å²) in [7, 11) is 0. The molecule has 4 saturated carbocycles. The van der Waals surface area contributed by atoms with E-state index in [0.29, 0.717) is 64.7 Å². The zero-order valence-electron chi connectivity index (χ0n) is 41.7. The number of esters is 1. The molecule has 15 nitrogen and oxygen atoms in total. The van der Waals surface area contributed by atoms with Crippen LogP contribution in [0.15, 0.2) is 40.9 Å². The highest BCUT2D eigenvalue weighted by atomic mass is 16.5. The number of cyclic esters (lactones) is 1. The second-order valence-electron chi connectivity index (χ2n) is 22.0. The molecule has 4 fully saturated rings. The molecule has 0 bridgehead atoms. The third kappa shape index (κ3) is 9.42. The molecule has 4 aliphatic carbocycles. The van der Waals surface area contributed by atoms with Crippen molar-refractivity contribution in [1.82, 2.24) is 15.2 Å². The van der Waals surface area contributed by atoms with Gasteiger partial charge in [-0.25, -0.2) is 14.4 Å². The van der Waals surface area contributed by atoms with E-state index in [0.717, 1.165) is 125 Å². The van der Waals surface area contributed by atoms with Crippen molar-refractivity contribution in [3.63, 3.8) is 0 Å². The van der Waals surface area contributed by atoms with Crippen LogP contribution in [0.2, 0.25) is 0 Å². The Kier molecular flexibility index (Phi) is 14.5. The highest BCUT2D eigenvalue weighted by molar-refractivity contribution is 5.85. The summed E-state index contributed by atoms with van der Waals surface area (Å²) in [4.78, 5) is 44.8. The van der Waals surface area contributed by atoms with Gasteiger partial charge in [0.05, 0.1) is 50.3 Å². The Balaban J connectivity index is 0.581. The van der Waals surface area contributed by atoms with E-state index in [4.69, 9.17) is 28.7 Å². The molecule has 0 radical (unpaired) electrons. The van der Waals surface area contributed by atoms with E-state index in [-0.39, 0.29) is 60.3 Å². The third-order valence-electron chi connectivity index (χ3n) is 18.4. The number of nitrogens with one attached hydrogen (secondary N) is 2. The highest BCUT2D eigenvalue weighted by Gasteiger charge is 2.70. The van der Waals surface area contributed by atoms with Gasteiger partial charge in [0.25, 0.3) is 0 Å². The summed E-state index contributed by atoms with van der Waals surface area (Å²) in [6.07, 6.45) is 13.0. The van der Waals surface area contributed by atoms with Crippen LogP contribution in [0.3, 0.4) is 0 Å². The van der Waals surface area contributed by atoms with Crippen LogP contribution in [0.1, 0.15) is 109 Å². The van der Waals surface area contributed by atoms with E-state index in [1.54, 1.807) is 6.08 Å². The molecule has 10 rings (SSSR count). The monoisotopic (exact) mass is 967 g/mol. The van der Waals surface area contributed by atoms with Gasteiger partial charge >= 0.3 is 5.97 Å². The second-order valence-corrected chi connectivity index (χ2v) is 22.0. The lowest BCUT2D eigenvalue weighted by molar-refractivity contribution is -0.245. The van der Waals surface area contributed by atoms with Gasteiger partial charge in [0, 0.05) is 74.2 Å². The van der Waals surface area contributed by atoms with Gasteiger partial charge in [-0.05, 0) is 130 Å². The topological polar surface area (TPSA) is 180 Å². The number of rotatable bonds is 18. The first kappa shape index (κ1) is 49.2. The first-order valence-electron chi connectivity index (χ1n) is 26.7. The first-order chi connectivity index (χ1) is 33.9. The zero-order valence-corrected chi connectivity index (χ0v) is 41.7. The van der Waals surface area contributed by atoms with Gasteiger partial charge < -0.3 is 49.4 Å². The fourth-order valence-corrected chi connectivity index (χ4v) is 14.6. The average molecular weight is 967 g/mol. The van der Waals surface area contributed by atoms with Gasteiger partial charge in [0.15, 0.2) is 11.5 Å². The number of benzene rings is 2. The number of aryl methyl sites for hydroxylation is 2. The normalized spacial score (nSPS) is 31.6. The Morgan fingerprint density at radius 2 is 1.71 bits per heavy atom. The highest BCUT2D eigenvalue weighted by Crippen LogP contribution is 2.70. The van der Waals surface area contributed by atoms with Gasteiger partial charge in [0.2, 0.25) is 17.2 Å². The maximum absolute atomic E-state index is 12.7. The molecule has 9 atom stereocenters. The first-order valence-corrected chi connectivity index (χ1v) is 26.7. The fourth-order valence-electron chi connectivity index (χ4n) is 14.6. The molecular formula is C55H76N5O10+. The van der Waals surface area contributed by atoms with Crippen LogP contribution in [0.25, 0.3) is 0 Å². The summed E-state index contributed by atoms with van der Waals surface area (Å²) in [6, 6.07) is 8.72. The predicted octanol–water partition coefficient (Wildman–Crippen LogP) is 4.61. The van der Waals surface area contributed by atoms with Gasteiger partial charge in [-0.1, -0.05) is 13.8 Å². The Morgan fingerprint density at radius 3 is 2.50 bits per heavy atom. The van der Waals surface area contributed by atoms with Crippen molar-refractivity contribution >= 4 is 29.2 Å². The smallest absolute Gasteiger partial charge is 0.331 e. The largest absolute Gasteiger partial charge is 0.458 e. The van der Waals surface area contributed by atoms with Crippen molar-refractivity contribution in [1.29, 1.82) is 0 Å². The van der Waals surface area contributed by atoms with Crippen LogP contribution < -0.4 is 35.6 Å².